The maximum absolute atomic E-state index is 10.6. The Labute approximate surface area is 54.4 Å². The van der Waals surface area contributed by atoms with Crippen LogP contribution in [0.25, 0.3) is 0 Å². The summed E-state index contributed by atoms with van der Waals surface area (Å²) < 4.78 is 0. The summed E-state index contributed by atoms with van der Waals surface area (Å²) in [6.45, 7) is 0. The number of carbonyl (C=O) groups excluding carboxylic acids is 1. The van der Waals surface area contributed by atoms with Gasteiger partial charge in [-0.25, -0.2) is 0 Å². The molecule has 0 aromatic heterocycles. The molecule has 0 aliphatic carbocycles. The first-order chi connectivity index (χ1) is 3.68. The summed E-state index contributed by atoms with van der Waals surface area (Å²) in [5.41, 5.74) is 0. The van der Waals surface area contributed by atoms with Crippen LogP contribution >= 0.6 is 11.6 Å². The first-order valence-corrected chi connectivity index (χ1v) is 2.98. The van der Waals surface area contributed by atoms with Crippen molar-refractivity contribution in [3.63, 3.8) is 0 Å². The fraction of sp³-hybridized carbons (Fsp3) is 0.800. The Morgan fingerprint density at radius 1 is 1.62 bits per heavy atom. The van der Waals surface area contributed by atoms with Crippen molar-refractivity contribution in [2.75, 3.05) is 20.0 Å². The normalized spacial score (nSPS) is 8.88. The largest absolute Gasteiger partial charge is 0.349 e. The van der Waals surface area contributed by atoms with E-state index in [1.54, 1.807) is 14.1 Å². The Hall–Kier alpha value is -0.240. The van der Waals surface area contributed by atoms with Crippen LogP contribution in [-0.4, -0.2) is 30.8 Å². The van der Waals surface area contributed by atoms with Crippen molar-refractivity contribution in [1.29, 1.82) is 0 Å². The minimum Gasteiger partial charge on any atom is -0.349 e. The van der Waals surface area contributed by atoms with E-state index in [1.807, 2.05) is 0 Å². The van der Waals surface area contributed by atoms with Gasteiger partial charge in [0.1, 0.15) is 0 Å². The van der Waals surface area contributed by atoms with Gasteiger partial charge in [0.25, 0.3) is 0 Å². The highest BCUT2D eigenvalue weighted by molar-refractivity contribution is 6.18. The van der Waals surface area contributed by atoms with Crippen LogP contribution < -0.4 is 0 Å². The molecule has 0 rings (SSSR count). The molecular weight excluding hydrogens is 126 g/mol. The Balaban J connectivity index is 3.33. The van der Waals surface area contributed by atoms with Gasteiger partial charge in [-0.3, -0.25) is 4.79 Å². The molecule has 0 aromatic rings. The summed E-state index contributed by atoms with van der Waals surface area (Å²) in [7, 11) is 3.43. The van der Waals surface area contributed by atoms with Crippen molar-refractivity contribution >= 4 is 17.5 Å². The van der Waals surface area contributed by atoms with E-state index in [0.717, 1.165) is 0 Å². The first-order valence-electron chi connectivity index (χ1n) is 2.44. The van der Waals surface area contributed by atoms with Crippen LogP contribution in [0.3, 0.4) is 0 Å². The molecule has 0 saturated heterocycles. The van der Waals surface area contributed by atoms with Crippen LogP contribution in [0.15, 0.2) is 0 Å². The van der Waals surface area contributed by atoms with Gasteiger partial charge in [0.15, 0.2) is 0 Å². The molecule has 0 aliphatic heterocycles. The van der Waals surface area contributed by atoms with Crippen LogP contribution in [-0.2, 0) is 4.79 Å². The highest BCUT2D eigenvalue weighted by Gasteiger charge is 1.99. The molecule has 2 nitrogen and oxygen atoms in total. The molecule has 0 spiro atoms. The van der Waals surface area contributed by atoms with Gasteiger partial charge >= 0.3 is 0 Å². The van der Waals surface area contributed by atoms with Gasteiger partial charge in [-0.2, -0.15) is 0 Å². The predicted molar refractivity (Wildman–Crippen MR) is 34.0 cm³/mol. The Morgan fingerprint density at radius 3 is 2.25 bits per heavy atom. The third-order valence-electron chi connectivity index (χ3n) is 0.807. The van der Waals surface area contributed by atoms with Gasteiger partial charge in [0, 0.05) is 26.4 Å². The maximum atomic E-state index is 10.6. The van der Waals surface area contributed by atoms with E-state index < -0.39 is 0 Å². The maximum Gasteiger partial charge on any atom is 0.223 e. The molecule has 0 atom stereocenters. The SMILES string of the molecule is CN(C)C(=O)CCCl. The van der Waals surface area contributed by atoms with E-state index in [1.165, 1.54) is 4.90 Å². The molecule has 0 aromatic carbocycles. The second-order valence-corrected chi connectivity index (χ2v) is 2.11. The molecule has 0 aliphatic rings. The van der Waals surface area contributed by atoms with E-state index in [0.29, 0.717) is 12.3 Å². The van der Waals surface area contributed by atoms with E-state index in [2.05, 4.69) is 0 Å². The molecule has 0 N–H and O–H groups in total. The number of rotatable bonds is 2. The van der Waals surface area contributed by atoms with Gasteiger partial charge in [-0.05, 0) is 0 Å². The van der Waals surface area contributed by atoms with Crippen LogP contribution in [0.1, 0.15) is 6.42 Å². The average molecular weight is 136 g/mol. The summed E-state index contributed by atoms with van der Waals surface area (Å²) in [6.07, 6.45) is 0.439. The lowest BCUT2D eigenvalue weighted by Crippen LogP contribution is -2.21. The average Bonchev–Trinajstić information content (AvgIpc) is 1.67. The summed E-state index contributed by atoms with van der Waals surface area (Å²) in [6, 6.07) is 0. The quantitative estimate of drug-likeness (QED) is 0.511. The van der Waals surface area contributed by atoms with Gasteiger partial charge in [0.2, 0.25) is 5.91 Å². The van der Waals surface area contributed by atoms with Gasteiger partial charge in [0.05, 0.1) is 0 Å². The minimum absolute atomic E-state index is 0.0833. The summed E-state index contributed by atoms with van der Waals surface area (Å²) >= 11 is 5.29. The molecule has 8 heavy (non-hydrogen) atoms. The molecule has 0 radical (unpaired) electrons. The van der Waals surface area contributed by atoms with Crippen molar-refractivity contribution in [3.8, 4) is 0 Å². The monoisotopic (exact) mass is 135 g/mol. The van der Waals surface area contributed by atoms with Crippen molar-refractivity contribution in [3.05, 3.63) is 0 Å². The molecule has 0 saturated carbocycles. The highest BCUT2D eigenvalue weighted by Crippen LogP contribution is 1.88. The van der Waals surface area contributed by atoms with Crippen LogP contribution in [0, 0.1) is 0 Å². The second kappa shape index (κ2) is 3.72. The molecule has 0 heterocycles. The zero-order valence-corrected chi connectivity index (χ0v) is 5.90. The fourth-order valence-electron chi connectivity index (χ4n) is 0.304. The highest BCUT2D eigenvalue weighted by atomic mass is 35.5. The molecule has 0 fully saturated rings. The van der Waals surface area contributed by atoms with Crippen LogP contribution in [0.4, 0.5) is 0 Å². The van der Waals surface area contributed by atoms with Crippen molar-refractivity contribution in [1.82, 2.24) is 4.90 Å². The standard InChI is InChI=1S/C5H10ClNO/c1-7(2)5(8)3-4-6/h3-4H2,1-2H3. The molecule has 48 valence electrons. The van der Waals surface area contributed by atoms with Crippen molar-refractivity contribution < 1.29 is 4.79 Å². The number of halogens is 1. The van der Waals surface area contributed by atoms with Crippen molar-refractivity contribution in [2.24, 2.45) is 0 Å². The Kier molecular flexibility index (Phi) is 3.61. The lowest BCUT2D eigenvalue weighted by Gasteiger charge is -2.06. The number of alkyl halides is 1. The number of hydrogen-bond acceptors (Lipinski definition) is 1. The lowest BCUT2D eigenvalue weighted by molar-refractivity contribution is -0.128. The number of amides is 1. The van der Waals surface area contributed by atoms with E-state index in [4.69, 9.17) is 11.6 Å². The van der Waals surface area contributed by atoms with Crippen LogP contribution in [0.5, 0.6) is 0 Å². The summed E-state index contributed by atoms with van der Waals surface area (Å²) in [4.78, 5) is 12.1. The Morgan fingerprint density at radius 2 is 2.12 bits per heavy atom. The van der Waals surface area contributed by atoms with E-state index in [9.17, 15) is 4.79 Å². The number of carbonyl (C=O) groups is 1. The van der Waals surface area contributed by atoms with Gasteiger partial charge in [-0.1, -0.05) is 0 Å². The molecule has 1 amide bonds. The molecular formula is C5H10ClNO. The third kappa shape index (κ3) is 2.86. The van der Waals surface area contributed by atoms with E-state index in [-0.39, 0.29) is 5.91 Å². The topological polar surface area (TPSA) is 20.3 Å². The first kappa shape index (κ1) is 7.76. The minimum atomic E-state index is 0.0833. The summed E-state index contributed by atoms with van der Waals surface area (Å²) in [5, 5.41) is 0. The number of hydrogen-bond donors (Lipinski definition) is 0. The zero-order valence-electron chi connectivity index (χ0n) is 5.15. The number of nitrogens with zero attached hydrogens (tertiary/aromatic N) is 1. The Bertz CT molecular complexity index is 82.5. The fourth-order valence-corrected chi connectivity index (χ4v) is 0.466. The lowest BCUT2D eigenvalue weighted by atomic mass is 10.4. The van der Waals surface area contributed by atoms with Crippen LogP contribution in [0.2, 0.25) is 0 Å². The smallest absolute Gasteiger partial charge is 0.223 e. The van der Waals surface area contributed by atoms with E-state index >= 15 is 0 Å². The van der Waals surface area contributed by atoms with Gasteiger partial charge in [-0.15, -0.1) is 11.6 Å². The molecule has 0 bridgehead atoms. The second-order valence-electron chi connectivity index (χ2n) is 1.73. The zero-order chi connectivity index (χ0) is 6.57. The van der Waals surface area contributed by atoms with Crippen molar-refractivity contribution in [2.45, 2.75) is 6.42 Å². The third-order valence-corrected chi connectivity index (χ3v) is 0.996. The molecule has 3 heteroatoms. The van der Waals surface area contributed by atoms with Gasteiger partial charge < -0.3 is 4.90 Å². The molecule has 0 unspecified atom stereocenters. The summed E-state index contributed by atoms with van der Waals surface area (Å²) in [5.74, 6) is 0.497. The predicted octanol–water partition coefficient (Wildman–Crippen LogP) is 0.703.